The number of rotatable bonds is 3. The highest BCUT2D eigenvalue weighted by atomic mass is 32.2. The average Bonchev–Trinajstić information content (AvgIpc) is 2.76. The Morgan fingerprint density at radius 3 is 2.50 bits per heavy atom. The Hall–Kier alpha value is -0.920. The topological polar surface area (TPSA) is 78.1 Å². The lowest BCUT2D eigenvalue weighted by Crippen LogP contribution is -2.55. The maximum atomic E-state index is 12.4. The van der Waals surface area contributed by atoms with Gasteiger partial charge < -0.3 is 10.3 Å². The van der Waals surface area contributed by atoms with E-state index in [2.05, 4.69) is 15.3 Å². The molecule has 18 heavy (non-hydrogen) atoms. The summed E-state index contributed by atoms with van der Waals surface area (Å²) in [5.41, 5.74) is 0. The zero-order valence-corrected chi connectivity index (χ0v) is 11.8. The molecule has 2 atom stereocenters. The highest BCUT2D eigenvalue weighted by molar-refractivity contribution is 7.89. The first-order chi connectivity index (χ1) is 8.43. The summed E-state index contributed by atoms with van der Waals surface area (Å²) in [7, 11) is -3.44. The van der Waals surface area contributed by atoms with E-state index >= 15 is 0 Å². The van der Waals surface area contributed by atoms with Crippen molar-refractivity contribution in [3.05, 3.63) is 12.0 Å². The zero-order chi connectivity index (χ0) is 13.3. The number of H-pyrrole nitrogens is 1. The molecule has 2 N–H and O–H groups in total. The Labute approximate surface area is 108 Å². The minimum Gasteiger partial charge on any atom is -0.332 e. The second-order valence-electron chi connectivity index (χ2n) is 4.84. The van der Waals surface area contributed by atoms with Gasteiger partial charge in [-0.3, -0.25) is 0 Å². The third kappa shape index (κ3) is 2.57. The van der Waals surface area contributed by atoms with Crippen LogP contribution in [0.3, 0.4) is 0 Å². The number of sulfonamides is 1. The van der Waals surface area contributed by atoms with Crippen LogP contribution in [0.4, 0.5) is 0 Å². The number of nitrogens with zero attached hydrogens (tertiary/aromatic N) is 2. The van der Waals surface area contributed by atoms with E-state index in [9.17, 15) is 8.42 Å². The fraction of sp³-hybridized carbons (Fsp3) is 0.727. The quantitative estimate of drug-likeness (QED) is 0.832. The summed E-state index contributed by atoms with van der Waals surface area (Å²) >= 11 is 0. The molecule has 7 heteroatoms. The number of hydrogen-bond donors (Lipinski definition) is 2. The first kappa shape index (κ1) is 13.5. The maximum absolute atomic E-state index is 12.4. The van der Waals surface area contributed by atoms with Gasteiger partial charge in [-0.05, 0) is 13.8 Å². The molecular weight excluding hydrogens is 252 g/mol. The lowest BCUT2D eigenvalue weighted by Gasteiger charge is -2.34. The van der Waals surface area contributed by atoms with Gasteiger partial charge in [-0.15, -0.1) is 0 Å². The molecule has 0 aromatic carbocycles. The summed E-state index contributed by atoms with van der Waals surface area (Å²) in [6, 6.07) is 0.328. The summed E-state index contributed by atoms with van der Waals surface area (Å²) in [5, 5.41) is 3.51. The van der Waals surface area contributed by atoms with Crippen LogP contribution in [0.25, 0.3) is 0 Å². The molecule has 1 saturated heterocycles. The van der Waals surface area contributed by atoms with Crippen molar-refractivity contribution in [1.29, 1.82) is 0 Å². The maximum Gasteiger partial charge on any atom is 0.260 e. The molecule has 1 aliphatic rings. The number of aromatic nitrogens is 2. The lowest BCUT2D eigenvalue weighted by molar-refractivity contribution is 0.262. The van der Waals surface area contributed by atoms with E-state index in [1.54, 1.807) is 0 Å². The fourth-order valence-electron chi connectivity index (χ4n) is 2.27. The smallest absolute Gasteiger partial charge is 0.260 e. The molecule has 0 aliphatic carbocycles. The Kier molecular flexibility index (Phi) is 3.74. The van der Waals surface area contributed by atoms with Gasteiger partial charge in [-0.1, -0.05) is 6.92 Å². The minimum absolute atomic E-state index is 0.164. The molecule has 2 heterocycles. The third-order valence-electron chi connectivity index (χ3n) is 3.08. The van der Waals surface area contributed by atoms with Crippen LogP contribution in [0.15, 0.2) is 11.2 Å². The molecule has 102 valence electrons. The second-order valence-corrected chi connectivity index (χ2v) is 6.74. The Balaban J connectivity index is 2.25. The van der Waals surface area contributed by atoms with E-state index < -0.39 is 10.0 Å². The number of hydrogen-bond acceptors (Lipinski definition) is 4. The van der Waals surface area contributed by atoms with Gasteiger partial charge >= 0.3 is 0 Å². The molecule has 0 radical (unpaired) electrons. The van der Waals surface area contributed by atoms with E-state index in [-0.39, 0.29) is 17.1 Å². The van der Waals surface area contributed by atoms with Crippen molar-refractivity contribution in [3.8, 4) is 0 Å². The second kappa shape index (κ2) is 4.99. The van der Waals surface area contributed by atoms with E-state index in [4.69, 9.17) is 0 Å². The minimum atomic E-state index is -3.44. The van der Waals surface area contributed by atoms with E-state index in [0.29, 0.717) is 25.3 Å². The van der Waals surface area contributed by atoms with Crippen molar-refractivity contribution in [2.75, 3.05) is 13.1 Å². The van der Waals surface area contributed by atoms with Crippen molar-refractivity contribution in [1.82, 2.24) is 19.6 Å². The molecule has 0 saturated carbocycles. The summed E-state index contributed by atoms with van der Waals surface area (Å²) in [6.45, 7) is 6.90. The molecular formula is C11H20N4O2S. The van der Waals surface area contributed by atoms with Crippen molar-refractivity contribution in [2.24, 2.45) is 0 Å². The largest absolute Gasteiger partial charge is 0.332 e. The van der Waals surface area contributed by atoms with Gasteiger partial charge in [0.05, 0.1) is 6.20 Å². The Morgan fingerprint density at radius 1 is 1.39 bits per heavy atom. The van der Waals surface area contributed by atoms with Crippen LogP contribution in [0, 0.1) is 0 Å². The monoisotopic (exact) mass is 272 g/mol. The van der Waals surface area contributed by atoms with Gasteiger partial charge in [0.25, 0.3) is 10.0 Å². The molecule has 1 fully saturated rings. The molecule has 1 aromatic heterocycles. The summed E-state index contributed by atoms with van der Waals surface area (Å²) in [4.78, 5) is 6.93. The van der Waals surface area contributed by atoms with Gasteiger partial charge in [0, 0.05) is 31.6 Å². The Bertz CT molecular complexity index is 501. The molecule has 1 aromatic rings. The third-order valence-corrected chi connectivity index (χ3v) is 4.82. The summed E-state index contributed by atoms with van der Waals surface area (Å²) in [6.07, 6.45) is 2.11. The highest BCUT2D eigenvalue weighted by Gasteiger charge is 2.32. The fourth-order valence-corrected chi connectivity index (χ4v) is 3.82. The van der Waals surface area contributed by atoms with Gasteiger partial charge in [0.1, 0.15) is 5.82 Å². The average molecular weight is 272 g/mol. The molecule has 0 amide bonds. The van der Waals surface area contributed by atoms with Gasteiger partial charge in [0.2, 0.25) is 0 Å². The van der Waals surface area contributed by atoms with Crippen LogP contribution in [0.2, 0.25) is 0 Å². The first-order valence-corrected chi connectivity index (χ1v) is 7.67. The zero-order valence-electron chi connectivity index (χ0n) is 11.0. The van der Waals surface area contributed by atoms with Gasteiger partial charge in [-0.25, -0.2) is 13.4 Å². The Morgan fingerprint density at radius 2 is 2.00 bits per heavy atom. The van der Waals surface area contributed by atoms with Crippen molar-refractivity contribution >= 4 is 10.0 Å². The van der Waals surface area contributed by atoms with Gasteiger partial charge in [-0.2, -0.15) is 4.31 Å². The van der Waals surface area contributed by atoms with E-state index in [1.165, 1.54) is 10.5 Å². The molecule has 2 unspecified atom stereocenters. The molecule has 0 bridgehead atoms. The van der Waals surface area contributed by atoms with Crippen LogP contribution < -0.4 is 5.32 Å². The van der Waals surface area contributed by atoms with Crippen LogP contribution in [-0.2, 0) is 16.4 Å². The summed E-state index contributed by atoms with van der Waals surface area (Å²) in [5.74, 6) is 0.699. The van der Waals surface area contributed by atoms with Crippen molar-refractivity contribution in [3.63, 3.8) is 0 Å². The standard InChI is InChI=1S/C11H20N4O2S/c1-4-10-12-5-11(14-10)18(16,17)15-6-8(2)13-9(3)7-15/h5,8-9,13H,4,6-7H2,1-3H3,(H,12,14). The van der Waals surface area contributed by atoms with Crippen molar-refractivity contribution in [2.45, 2.75) is 44.3 Å². The normalized spacial score (nSPS) is 26.4. The van der Waals surface area contributed by atoms with Crippen LogP contribution in [0.1, 0.15) is 26.6 Å². The molecule has 0 spiro atoms. The molecule has 2 rings (SSSR count). The number of piperazine rings is 1. The number of nitrogens with one attached hydrogen (secondary N) is 2. The highest BCUT2D eigenvalue weighted by Crippen LogP contribution is 2.17. The molecule has 1 aliphatic heterocycles. The number of aromatic amines is 1. The van der Waals surface area contributed by atoms with Crippen LogP contribution in [-0.4, -0.2) is 47.9 Å². The SMILES string of the molecule is CCc1ncc(S(=O)(=O)N2CC(C)NC(C)C2)[nH]1. The van der Waals surface area contributed by atoms with Crippen LogP contribution >= 0.6 is 0 Å². The van der Waals surface area contributed by atoms with Crippen molar-refractivity contribution < 1.29 is 8.42 Å². The molecule has 6 nitrogen and oxygen atoms in total. The van der Waals surface area contributed by atoms with E-state index in [1.807, 2.05) is 20.8 Å². The lowest BCUT2D eigenvalue weighted by atomic mass is 10.2. The van der Waals surface area contributed by atoms with Gasteiger partial charge in [0.15, 0.2) is 5.03 Å². The summed E-state index contributed by atoms with van der Waals surface area (Å²) < 4.78 is 26.4. The van der Waals surface area contributed by atoms with Crippen LogP contribution in [0.5, 0.6) is 0 Å². The predicted molar refractivity (Wildman–Crippen MR) is 68.8 cm³/mol. The number of imidazole rings is 1. The first-order valence-electron chi connectivity index (χ1n) is 6.23. The predicted octanol–water partition coefficient (Wildman–Crippen LogP) is 0.343. The number of aryl methyl sites for hydroxylation is 1. The van der Waals surface area contributed by atoms with E-state index in [0.717, 1.165) is 0 Å².